The molecule has 0 aliphatic carbocycles. The van der Waals surface area contributed by atoms with Crippen molar-refractivity contribution < 1.29 is 23.7 Å². The van der Waals surface area contributed by atoms with Crippen LogP contribution in [-0.4, -0.2) is 24.1 Å². The third-order valence-electron chi connectivity index (χ3n) is 0. The largest absolute Gasteiger partial charge is 1.00 e. The Bertz CT molecular complexity index is 17.7. The molecule has 0 amide bonds. The summed E-state index contributed by atoms with van der Waals surface area (Å²) < 4.78 is 0. The Hall–Kier alpha value is 0.991. The maximum Gasteiger partial charge on any atom is 1.00 e. The van der Waals surface area contributed by atoms with E-state index in [1.165, 1.54) is 0 Å². The summed E-state index contributed by atoms with van der Waals surface area (Å²) >= 11 is 0. The van der Waals surface area contributed by atoms with Gasteiger partial charge in [0.25, 0.3) is 0 Å². The first-order valence-electron chi connectivity index (χ1n) is 1.95. The molecule has 0 aromatic heterocycles. The van der Waals surface area contributed by atoms with Crippen molar-refractivity contribution >= 4 is 19.3 Å². The van der Waals surface area contributed by atoms with Crippen molar-refractivity contribution in [3.8, 4) is 0 Å². The van der Waals surface area contributed by atoms with Gasteiger partial charge in [0.2, 0.25) is 0 Å². The third kappa shape index (κ3) is 177. The van der Waals surface area contributed by atoms with Crippen LogP contribution in [-0.2, 0) is 0 Å². The predicted octanol–water partition coefficient (Wildman–Crippen LogP) is -3.37. The normalized spacial score (nSPS) is 6.43. The van der Waals surface area contributed by atoms with E-state index >= 15 is 0 Å². The Balaban J connectivity index is -0.0000000480. The Morgan fingerprint density at radius 2 is 1.14 bits per heavy atom. The molecule has 0 radical (unpaired) electrons. The summed E-state index contributed by atoms with van der Waals surface area (Å²) in [5, 5.41) is 0. The van der Waals surface area contributed by atoms with Gasteiger partial charge in [-0.15, -0.1) is 0 Å². The van der Waals surface area contributed by atoms with Crippen LogP contribution in [0.4, 0.5) is 0 Å². The van der Waals surface area contributed by atoms with Gasteiger partial charge in [0.05, 0.1) is 0 Å². The molecule has 0 aliphatic heterocycles. The monoisotopic (exact) mass is 128 g/mol. The summed E-state index contributed by atoms with van der Waals surface area (Å²) in [5.74, 6) is 0. The van der Waals surface area contributed by atoms with E-state index in [0.29, 0.717) is 10.5 Å². The van der Waals surface area contributed by atoms with E-state index in [2.05, 4.69) is 19.6 Å². The molecule has 0 atom stereocenters. The number of hydrogen-bond donors (Lipinski definition) is 1. The molecule has 0 rings (SSSR count). The summed E-state index contributed by atoms with van der Waals surface area (Å²) in [7, 11) is 0.426. The standard InChI is InChI=1S/C3H9Si.Li.H4OSi/c1-4(2)3;;1-2/h1-3H3;;1H,2H3/q-1;+1;. The zero-order valence-electron chi connectivity index (χ0n) is 5.95. The minimum atomic E-state index is 0. The van der Waals surface area contributed by atoms with E-state index in [0.717, 1.165) is 0 Å². The zero-order valence-corrected chi connectivity index (χ0v) is 8.95. The van der Waals surface area contributed by atoms with Crippen molar-refractivity contribution in [2.75, 3.05) is 0 Å². The van der Waals surface area contributed by atoms with E-state index < -0.39 is 0 Å². The minimum Gasteiger partial charge on any atom is -0.442 e. The SMILES string of the molecule is C[Si-](C)C.O[SiH3].[Li+]. The van der Waals surface area contributed by atoms with Crippen LogP contribution in [0.25, 0.3) is 0 Å². The van der Waals surface area contributed by atoms with E-state index in [1.807, 2.05) is 0 Å². The topological polar surface area (TPSA) is 20.2 Å². The molecule has 0 unspecified atom stereocenters. The van der Waals surface area contributed by atoms with Crippen LogP contribution in [0.2, 0.25) is 19.6 Å². The van der Waals surface area contributed by atoms with Crippen LogP contribution < -0.4 is 18.9 Å². The van der Waals surface area contributed by atoms with Gasteiger partial charge in [0.1, 0.15) is 10.5 Å². The maximum absolute atomic E-state index is 7.14. The molecule has 0 spiro atoms. The molecule has 7 heavy (non-hydrogen) atoms. The maximum atomic E-state index is 7.14. The summed E-state index contributed by atoms with van der Waals surface area (Å²) in [6.45, 7) is 6.81. The molecular weight excluding hydrogens is 115 g/mol. The summed E-state index contributed by atoms with van der Waals surface area (Å²) in [6, 6.07) is 0. The Labute approximate surface area is 62.8 Å². The van der Waals surface area contributed by atoms with Crippen molar-refractivity contribution in [3.05, 3.63) is 0 Å². The predicted molar refractivity (Wildman–Crippen MR) is 35.5 cm³/mol. The molecule has 40 valence electrons. The number of hydrogen-bond acceptors (Lipinski definition) is 1. The molecule has 0 aliphatic rings. The van der Waals surface area contributed by atoms with Gasteiger partial charge >= 0.3 is 18.9 Å². The van der Waals surface area contributed by atoms with Crippen LogP contribution in [0.15, 0.2) is 0 Å². The molecule has 0 fully saturated rings. The van der Waals surface area contributed by atoms with Gasteiger partial charge in [-0.1, -0.05) is 0 Å². The average Bonchev–Trinajstić information content (AvgIpc) is 1.41. The zero-order chi connectivity index (χ0) is 5.58. The van der Waals surface area contributed by atoms with Crippen LogP contribution in [0.1, 0.15) is 0 Å². The molecule has 0 bridgehead atoms. The first-order chi connectivity index (χ1) is 2.73. The van der Waals surface area contributed by atoms with Crippen LogP contribution in [0, 0.1) is 0 Å². The van der Waals surface area contributed by atoms with Crippen molar-refractivity contribution in [1.29, 1.82) is 0 Å². The van der Waals surface area contributed by atoms with Crippen LogP contribution in [0.3, 0.4) is 0 Å². The molecule has 0 saturated heterocycles. The molecule has 0 aromatic carbocycles. The molecule has 0 aromatic rings. The second-order valence-corrected chi connectivity index (χ2v) is 4.50. The summed E-state index contributed by atoms with van der Waals surface area (Å²) in [6.07, 6.45) is 0. The molecule has 0 saturated carbocycles. The van der Waals surface area contributed by atoms with Crippen molar-refractivity contribution in [3.63, 3.8) is 0 Å². The van der Waals surface area contributed by atoms with Crippen molar-refractivity contribution in [2.24, 2.45) is 0 Å². The third-order valence-corrected chi connectivity index (χ3v) is 0. The second kappa shape index (κ2) is 15.8. The van der Waals surface area contributed by atoms with Gasteiger partial charge < -0.3 is 4.80 Å². The van der Waals surface area contributed by atoms with Crippen molar-refractivity contribution in [2.45, 2.75) is 19.6 Å². The van der Waals surface area contributed by atoms with Gasteiger partial charge in [-0.3, -0.25) is 8.80 Å². The van der Waals surface area contributed by atoms with Gasteiger partial charge in [0, 0.05) is 0 Å². The smallest absolute Gasteiger partial charge is 0.442 e. The van der Waals surface area contributed by atoms with E-state index in [1.54, 1.807) is 0 Å². The Morgan fingerprint density at radius 1 is 1.14 bits per heavy atom. The van der Waals surface area contributed by atoms with E-state index in [9.17, 15) is 0 Å². The average molecular weight is 128 g/mol. The quantitative estimate of drug-likeness (QED) is 0.338. The minimum absolute atomic E-state index is 0. The fourth-order valence-electron chi connectivity index (χ4n) is 0. The van der Waals surface area contributed by atoms with Crippen molar-refractivity contribution in [1.82, 2.24) is 0 Å². The molecule has 4 heteroatoms. The van der Waals surface area contributed by atoms with E-state index in [-0.39, 0.29) is 27.7 Å². The molecule has 1 nitrogen and oxygen atoms in total. The Morgan fingerprint density at radius 3 is 1.14 bits per heavy atom. The molecule has 1 N–H and O–H groups in total. The second-order valence-electron chi connectivity index (χ2n) is 1.50. The first kappa shape index (κ1) is 15.7. The summed E-state index contributed by atoms with van der Waals surface area (Å²) in [4.78, 5) is 7.14. The molecule has 0 heterocycles. The van der Waals surface area contributed by atoms with Crippen LogP contribution >= 0.6 is 0 Å². The fourth-order valence-corrected chi connectivity index (χ4v) is 0. The van der Waals surface area contributed by atoms with Gasteiger partial charge in [0.15, 0.2) is 0 Å². The van der Waals surface area contributed by atoms with Gasteiger partial charge in [-0.25, -0.2) is 0 Å². The molecular formula is C3H13LiOSi2. The fraction of sp³-hybridized carbons (Fsp3) is 1.00. The number of rotatable bonds is 0. The van der Waals surface area contributed by atoms with Gasteiger partial charge in [-0.2, -0.15) is 19.6 Å². The van der Waals surface area contributed by atoms with Crippen LogP contribution in [0.5, 0.6) is 0 Å². The Kier molecular flexibility index (Phi) is 35.3. The summed E-state index contributed by atoms with van der Waals surface area (Å²) in [5.41, 5.74) is 0. The first-order valence-corrected chi connectivity index (χ1v) is 5.84. The van der Waals surface area contributed by atoms with E-state index in [4.69, 9.17) is 4.80 Å². The van der Waals surface area contributed by atoms with Gasteiger partial charge in [-0.05, 0) is 0 Å².